The maximum Gasteiger partial charge on any atom is 0.412 e. The van der Waals surface area contributed by atoms with Gasteiger partial charge in [-0.1, -0.05) is 0 Å². The molecule has 0 aromatic carbocycles. The fraction of sp³-hybridized carbons (Fsp3) is 0.500. The molecule has 100 valence electrons. The van der Waals surface area contributed by atoms with Gasteiger partial charge < -0.3 is 5.11 Å². The Kier molecular flexibility index (Phi) is 3.59. The fourth-order valence-electron chi connectivity index (χ4n) is 1.58. The quantitative estimate of drug-likeness (QED) is 0.883. The van der Waals surface area contributed by atoms with E-state index in [-0.39, 0.29) is 5.69 Å². The van der Waals surface area contributed by atoms with Gasteiger partial charge in [0.1, 0.15) is 5.69 Å². The first-order valence-corrected chi connectivity index (χ1v) is 5.41. The first-order valence-electron chi connectivity index (χ1n) is 5.41. The highest BCUT2D eigenvalue weighted by Crippen LogP contribution is 2.30. The molecule has 1 N–H and O–H groups in total. The summed E-state index contributed by atoms with van der Waals surface area (Å²) >= 11 is 0. The highest BCUT2D eigenvalue weighted by Gasteiger charge is 2.31. The van der Waals surface area contributed by atoms with Crippen LogP contribution in [0.25, 0.3) is 0 Å². The average molecular weight is 258 g/mol. The standard InChI is InChI=1S/C12H16F2N2O2/c1-11(2,3)16(10(17)18)8-5-6-15-9(7-8)12(4,13)14/h5-7H,1-4H3,(H,17,18). The van der Waals surface area contributed by atoms with Crippen molar-refractivity contribution in [3.8, 4) is 0 Å². The highest BCUT2D eigenvalue weighted by molar-refractivity contribution is 5.87. The molecule has 18 heavy (non-hydrogen) atoms. The van der Waals surface area contributed by atoms with Crippen molar-refractivity contribution in [3.05, 3.63) is 24.0 Å². The molecule has 0 aliphatic heterocycles. The van der Waals surface area contributed by atoms with Crippen molar-refractivity contribution >= 4 is 11.8 Å². The lowest BCUT2D eigenvalue weighted by molar-refractivity contribution is 0.0128. The molecular formula is C12H16F2N2O2. The molecule has 1 heterocycles. The summed E-state index contributed by atoms with van der Waals surface area (Å²) in [5, 5.41) is 9.17. The molecule has 1 rings (SSSR count). The minimum absolute atomic E-state index is 0.182. The molecule has 6 heteroatoms. The van der Waals surface area contributed by atoms with E-state index in [9.17, 15) is 18.7 Å². The van der Waals surface area contributed by atoms with Gasteiger partial charge >= 0.3 is 6.09 Å². The number of halogens is 2. The van der Waals surface area contributed by atoms with E-state index in [1.807, 2.05) is 0 Å². The van der Waals surface area contributed by atoms with E-state index in [0.29, 0.717) is 0 Å². The molecule has 0 aliphatic carbocycles. The minimum Gasteiger partial charge on any atom is -0.465 e. The Morgan fingerprint density at radius 1 is 1.33 bits per heavy atom. The van der Waals surface area contributed by atoms with E-state index < -0.39 is 23.2 Å². The highest BCUT2D eigenvalue weighted by atomic mass is 19.3. The van der Waals surface area contributed by atoms with Crippen molar-refractivity contribution < 1.29 is 18.7 Å². The lowest BCUT2D eigenvalue weighted by Gasteiger charge is -2.33. The molecule has 0 fully saturated rings. The lowest BCUT2D eigenvalue weighted by atomic mass is 10.1. The molecule has 0 atom stereocenters. The summed E-state index contributed by atoms with van der Waals surface area (Å²) in [5.74, 6) is -3.10. The van der Waals surface area contributed by atoms with Gasteiger partial charge in [-0.2, -0.15) is 8.78 Å². The maximum atomic E-state index is 13.2. The summed E-state index contributed by atoms with van der Waals surface area (Å²) in [6.45, 7) is 5.78. The van der Waals surface area contributed by atoms with Gasteiger partial charge in [-0.05, 0) is 32.9 Å². The zero-order chi connectivity index (χ0) is 14.1. The van der Waals surface area contributed by atoms with Gasteiger partial charge in [0, 0.05) is 18.7 Å². The molecule has 1 aromatic heterocycles. The summed E-state index contributed by atoms with van der Waals surface area (Å²) < 4.78 is 26.3. The molecule has 0 saturated carbocycles. The van der Waals surface area contributed by atoms with Crippen LogP contribution >= 0.6 is 0 Å². The van der Waals surface area contributed by atoms with Crippen LogP contribution in [0.15, 0.2) is 18.3 Å². The monoisotopic (exact) mass is 258 g/mol. The van der Waals surface area contributed by atoms with Crippen molar-refractivity contribution in [1.82, 2.24) is 4.98 Å². The van der Waals surface area contributed by atoms with Crippen molar-refractivity contribution in [3.63, 3.8) is 0 Å². The number of rotatable bonds is 2. The third-order valence-electron chi connectivity index (χ3n) is 2.31. The first kappa shape index (κ1) is 14.3. The molecule has 0 unspecified atom stereocenters. The topological polar surface area (TPSA) is 53.4 Å². The fourth-order valence-corrected chi connectivity index (χ4v) is 1.58. The van der Waals surface area contributed by atoms with Crippen molar-refractivity contribution in [2.75, 3.05) is 4.90 Å². The average Bonchev–Trinajstić information content (AvgIpc) is 2.13. The number of pyridine rings is 1. The number of aromatic nitrogens is 1. The second-order valence-corrected chi connectivity index (χ2v) is 5.08. The maximum absolute atomic E-state index is 13.2. The zero-order valence-corrected chi connectivity index (χ0v) is 10.7. The molecule has 0 spiro atoms. The summed E-state index contributed by atoms with van der Waals surface area (Å²) in [6.07, 6.45) is -0.0110. The van der Waals surface area contributed by atoms with E-state index >= 15 is 0 Å². The number of carbonyl (C=O) groups is 1. The third kappa shape index (κ3) is 3.15. The van der Waals surface area contributed by atoms with Gasteiger partial charge in [0.25, 0.3) is 5.92 Å². The van der Waals surface area contributed by atoms with E-state index in [0.717, 1.165) is 17.9 Å². The smallest absolute Gasteiger partial charge is 0.412 e. The molecule has 0 radical (unpaired) electrons. The van der Waals surface area contributed by atoms with Crippen LogP contribution in [-0.2, 0) is 5.92 Å². The van der Waals surface area contributed by atoms with E-state index in [1.165, 1.54) is 12.3 Å². The predicted molar refractivity (Wildman–Crippen MR) is 64.1 cm³/mol. The Morgan fingerprint density at radius 3 is 2.28 bits per heavy atom. The Hall–Kier alpha value is -1.72. The van der Waals surface area contributed by atoms with E-state index in [2.05, 4.69) is 4.98 Å². The van der Waals surface area contributed by atoms with Crippen LogP contribution in [0, 0.1) is 0 Å². The van der Waals surface area contributed by atoms with Gasteiger partial charge in [0.05, 0.1) is 5.69 Å². The van der Waals surface area contributed by atoms with Crippen LogP contribution in [-0.4, -0.2) is 21.7 Å². The normalized spacial score (nSPS) is 12.3. The van der Waals surface area contributed by atoms with Crippen molar-refractivity contribution in [2.24, 2.45) is 0 Å². The van der Waals surface area contributed by atoms with Gasteiger partial charge in [0.2, 0.25) is 0 Å². The third-order valence-corrected chi connectivity index (χ3v) is 2.31. The Bertz CT molecular complexity index is 450. The largest absolute Gasteiger partial charge is 0.465 e. The lowest BCUT2D eigenvalue weighted by Crippen LogP contribution is -2.45. The number of nitrogens with zero attached hydrogens (tertiary/aromatic N) is 2. The van der Waals surface area contributed by atoms with E-state index in [1.54, 1.807) is 20.8 Å². The van der Waals surface area contributed by atoms with Crippen LogP contribution < -0.4 is 4.90 Å². The second-order valence-electron chi connectivity index (χ2n) is 5.08. The Morgan fingerprint density at radius 2 is 1.89 bits per heavy atom. The molecular weight excluding hydrogens is 242 g/mol. The molecule has 0 bridgehead atoms. The number of amides is 1. The summed E-state index contributed by atoms with van der Waals surface area (Å²) in [4.78, 5) is 15.8. The van der Waals surface area contributed by atoms with Crippen LogP contribution in [0.4, 0.5) is 19.3 Å². The van der Waals surface area contributed by atoms with Gasteiger partial charge in [-0.25, -0.2) is 4.79 Å². The second kappa shape index (κ2) is 4.51. The Balaban J connectivity index is 3.27. The van der Waals surface area contributed by atoms with Gasteiger partial charge in [-0.15, -0.1) is 0 Å². The van der Waals surface area contributed by atoms with Crippen molar-refractivity contribution in [1.29, 1.82) is 0 Å². The van der Waals surface area contributed by atoms with Crippen LogP contribution in [0.2, 0.25) is 0 Å². The van der Waals surface area contributed by atoms with Gasteiger partial charge in [-0.3, -0.25) is 9.88 Å². The molecule has 0 saturated heterocycles. The van der Waals surface area contributed by atoms with Crippen LogP contribution in [0.5, 0.6) is 0 Å². The number of hydrogen-bond donors (Lipinski definition) is 1. The summed E-state index contributed by atoms with van der Waals surface area (Å²) in [7, 11) is 0. The molecule has 4 nitrogen and oxygen atoms in total. The summed E-state index contributed by atoms with van der Waals surface area (Å²) in [6, 6.07) is 2.49. The van der Waals surface area contributed by atoms with Crippen LogP contribution in [0.1, 0.15) is 33.4 Å². The minimum atomic E-state index is -3.10. The zero-order valence-electron chi connectivity index (χ0n) is 10.7. The number of anilines is 1. The predicted octanol–water partition coefficient (Wildman–Crippen LogP) is 3.48. The van der Waals surface area contributed by atoms with Crippen molar-refractivity contribution in [2.45, 2.75) is 39.2 Å². The molecule has 0 aliphatic rings. The SMILES string of the molecule is CC(F)(F)c1cc(N(C(=O)O)C(C)(C)C)ccn1. The Labute approximate surface area is 104 Å². The van der Waals surface area contributed by atoms with E-state index in [4.69, 9.17) is 0 Å². The number of hydrogen-bond acceptors (Lipinski definition) is 2. The van der Waals surface area contributed by atoms with Gasteiger partial charge in [0.15, 0.2) is 0 Å². The number of alkyl halides is 2. The first-order chi connectivity index (χ1) is 8.03. The molecule has 1 aromatic rings. The van der Waals surface area contributed by atoms with Crippen LogP contribution in [0.3, 0.4) is 0 Å². The molecule has 1 amide bonds. The summed E-state index contributed by atoms with van der Waals surface area (Å²) in [5.41, 5.74) is -0.995. The number of carboxylic acid groups (broad SMARTS) is 1.